The second-order valence-electron chi connectivity index (χ2n) is 5.93. The molecule has 0 aliphatic rings. The molecule has 2 aromatic rings. The second-order valence-corrected chi connectivity index (χ2v) is 7.99. The van der Waals surface area contributed by atoms with Crippen molar-refractivity contribution in [3.05, 3.63) is 40.7 Å². The lowest BCUT2D eigenvalue weighted by Gasteiger charge is -2.16. The number of sulfonamides is 1. The summed E-state index contributed by atoms with van der Waals surface area (Å²) in [5.74, 6) is -1.73. The number of rotatable bonds is 5. The molecular formula is C15H15ClF4N4O3S. The number of aryl methyl sites for hydroxylation is 2. The maximum Gasteiger partial charge on any atom is 0.404 e. The minimum absolute atomic E-state index is 0.0421. The predicted molar refractivity (Wildman–Crippen MR) is 93.1 cm³/mol. The summed E-state index contributed by atoms with van der Waals surface area (Å²) in [5, 5.41) is 1.76. The summed E-state index contributed by atoms with van der Waals surface area (Å²) in [4.78, 5) is 15.3. The molecule has 13 heteroatoms. The van der Waals surface area contributed by atoms with Crippen molar-refractivity contribution in [3.63, 3.8) is 0 Å². The van der Waals surface area contributed by atoms with Gasteiger partial charge in [-0.3, -0.25) is 4.79 Å². The van der Waals surface area contributed by atoms with Gasteiger partial charge in [-0.15, -0.1) is 0 Å². The Morgan fingerprint density at radius 2 is 1.93 bits per heavy atom. The molecular weight excluding hydrogens is 428 g/mol. The van der Waals surface area contributed by atoms with E-state index in [9.17, 15) is 30.8 Å². The minimum Gasteiger partial charge on any atom is -0.344 e. The number of carbonyl (C=O) groups excluding carboxylic acids is 1. The van der Waals surface area contributed by atoms with Crippen molar-refractivity contribution in [3.8, 4) is 0 Å². The summed E-state index contributed by atoms with van der Waals surface area (Å²) in [6.07, 6.45) is -3.90. The van der Waals surface area contributed by atoms with E-state index in [1.165, 1.54) is 24.8 Å². The molecule has 0 aromatic carbocycles. The van der Waals surface area contributed by atoms with Gasteiger partial charge >= 0.3 is 6.18 Å². The molecule has 0 saturated heterocycles. The van der Waals surface area contributed by atoms with Crippen LogP contribution < -0.4 is 10.0 Å². The molecule has 0 aliphatic heterocycles. The standard InChI is InChI=1S/C15H15ClF4N4O3S/c1-7-4-9(5-11(17)21-7)22-14(25)13-12(16)10(6-24(13)3)28(26,27)23-8(2)15(18,19)20/h4-6,8,23H,1-3H3,(H,21,22,25)/t8-/m1/s1. The van der Waals surface area contributed by atoms with Gasteiger partial charge in [0.1, 0.15) is 16.6 Å². The van der Waals surface area contributed by atoms with Crippen LogP contribution in [-0.4, -0.2) is 36.1 Å². The third kappa shape index (κ3) is 4.80. The second kappa shape index (κ2) is 7.68. The zero-order valence-corrected chi connectivity index (χ0v) is 16.3. The first-order valence-electron chi connectivity index (χ1n) is 7.61. The predicted octanol–water partition coefficient (Wildman–Crippen LogP) is 3.00. The lowest BCUT2D eigenvalue weighted by Crippen LogP contribution is -2.42. The van der Waals surface area contributed by atoms with E-state index in [1.807, 2.05) is 0 Å². The van der Waals surface area contributed by atoms with Crippen molar-refractivity contribution in [2.45, 2.75) is 31.0 Å². The van der Waals surface area contributed by atoms with Crippen LogP contribution in [0, 0.1) is 12.9 Å². The third-order valence-corrected chi connectivity index (χ3v) is 5.64. The van der Waals surface area contributed by atoms with E-state index in [1.54, 1.807) is 0 Å². The number of halogens is 5. The van der Waals surface area contributed by atoms with Gasteiger partial charge in [0.15, 0.2) is 0 Å². The van der Waals surface area contributed by atoms with Crippen LogP contribution in [-0.2, 0) is 17.1 Å². The molecule has 7 nitrogen and oxygen atoms in total. The van der Waals surface area contributed by atoms with Gasteiger partial charge in [0.2, 0.25) is 16.0 Å². The van der Waals surface area contributed by atoms with Crippen molar-refractivity contribution < 1.29 is 30.8 Å². The van der Waals surface area contributed by atoms with Gasteiger partial charge in [-0.2, -0.15) is 22.3 Å². The van der Waals surface area contributed by atoms with Crippen molar-refractivity contribution >= 4 is 33.2 Å². The summed E-state index contributed by atoms with van der Waals surface area (Å²) in [5.41, 5.74) is -0.0149. The maximum absolute atomic E-state index is 13.3. The molecule has 1 atom stereocenters. The summed E-state index contributed by atoms with van der Waals surface area (Å²) >= 11 is 5.97. The average molecular weight is 443 g/mol. The van der Waals surface area contributed by atoms with Crippen molar-refractivity contribution in [1.82, 2.24) is 14.3 Å². The Labute approximate surface area is 162 Å². The highest BCUT2D eigenvalue weighted by molar-refractivity contribution is 7.89. The Hall–Kier alpha value is -2.18. The minimum atomic E-state index is -4.81. The number of carbonyl (C=O) groups is 1. The first kappa shape index (κ1) is 22.1. The molecule has 0 radical (unpaired) electrons. The summed E-state index contributed by atoms with van der Waals surface area (Å²) in [6, 6.07) is -0.0672. The van der Waals surface area contributed by atoms with Crippen LogP contribution in [0.2, 0.25) is 5.02 Å². The summed E-state index contributed by atoms with van der Waals surface area (Å²) in [6.45, 7) is 2.12. The molecule has 154 valence electrons. The normalized spacial score (nSPS) is 13.4. The first-order chi connectivity index (χ1) is 12.7. The van der Waals surface area contributed by atoms with E-state index < -0.39 is 44.0 Å². The van der Waals surface area contributed by atoms with Crippen molar-refractivity contribution in [2.24, 2.45) is 7.05 Å². The first-order valence-corrected chi connectivity index (χ1v) is 9.48. The molecule has 0 fully saturated rings. The van der Waals surface area contributed by atoms with E-state index in [4.69, 9.17) is 11.6 Å². The quantitative estimate of drug-likeness (QED) is 0.550. The van der Waals surface area contributed by atoms with Crippen LogP contribution in [0.3, 0.4) is 0 Å². The Bertz CT molecular complexity index is 1000. The fourth-order valence-corrected chi connectivity index (χ4v) is 4.20. The van der Waals surface area contributed by atoms with Gasteiger partial charge in [0.25, 0.3) is 5.91 Å². The van der Waals surface area contributed by atoms with Gasteiger partial charge in [0.05, 0.1) is 5.02 Å². The molecule has 1 amide bonds. The number of alkyl halides is 3. The highest BCUT2D eigenvalue weighted by Crippen LogP contribution is 2.29. The smallest absolute Gasteiger partial charge is 0.344 e. The lowest BCUT2D eigenvalue weighted by atomic mass is 10.3. The Kier molecular flexibility index (Phi) is 6.07. The molecule has 2 aromatic heterocycles. The van der Waals surface area contributed by atoms with Crippen LogP contribution >= 0.6 is 11.6 Å². The van der Waals surface area contributed by atoms with Gasteiger partial charge in [-0.1, -0.05) is 11.6 Å². The molecule has 0 aliphatic carbocycles. The maximum atomic E-state index is 13.3. The summed E-state index contributed by atoms with van der Waals surface area (Å²) in [7, 11) is -3.38. The zero-order chi connectivity index (χ0) is 21.4. The van der Waals surface area contributed by atoms with Gasteiger partial charge < -0.3 is 9.88 Å². The number of nitrogens with one attached hydrogen (secondary N) is 2. The Morgan fingerprint density at radius 3 is 2.46 bits per heavy atom. The monoisotopic (exact) mass is 442 g/mol. The highest BCUT2D eigenvalue weighted by atomic mass is 35.5. The number of pyridine rings is 1. The van der Waals surface area contributed by atoms with Gasteiger partial charge in [0, 0.05) is 30.7 Å². The van der Waals surface area contributed by atoms with Crippen LogP contribution in [0.25, 0.3) is 0 Å². The van der Waals surface area contributed by atoms with Crippen LogP contribution in [0.5, 0.6) is 0 Å². The SMILES string of the molecule is Cc1cc(NC(=O)c2c(Cl)c(S(=O)(=O)N[C@H](C)C(F)(F)F)cn2C)cc(F)n1. The zero-order valence-electron chi connectivity index (χ0n) is 14.7. The fourth-order valence-electron chi connectivity index (χ4n) is 2.27. The molecule has 0 saturated carbocycles. The summed E-state index contributed by atoms with van der Waals surface area (Å²) < 4.78 is 78.3. The van der Waals surface area contributed by atoms with Crippen LogP contribution in [0.15, 0.2) is 23.2 Å². The molecule has 2 heterocycles. The van der Waals surface area contributed by atoms with Crippen LogP contribution in [0.1, 0.15) is 23.1 Å². The molecule has 0 bridgehead atoms. The number of hydrogen-bond donors (Lipinski definition) is 2. The fraction of sp³-hybridized carbons (Fsp3) is 0.333. The van der Waals surface area contributed by atoms with E-state index >= 15 is 0 Å². The van der Waals surface area contributed by atoms with Crippen molar-refractivity contribution in [2.75, 3.05) is 5.32 Å². The number of hydrogen-bond acceptors (Lipinski definition) is 4. The molecule has 0 spiro atoms. The van der Waals surface area contributed by atoms with Gasteiger partial charge in [-0.05, 0) is 19.9 Å². The number of amides is 1. The van der Waals surface area contributed by atoms with Crippen molar-refractivity contribution in [1.29, 1.82) is 0 Å². The van der Waals surface area contributed by atoms with E-state index in [-0.39, 0.29) is 17.1 Å². The lowest BCUT2D eigenvalue weighted by molar-refractivity contribution is -0.147. The average Bonchev–Trinajstić information content (AvgIpc) is 2.80. The van der Waals surface area contributed by atoms with E-state index in [0.29, 0.717) is 6.92 Å². The highest BCUT2D eigenvalue weighted by Gasteiger charge is 2.40. The van der Waals surface area contributed by atoms with E-state index in [2.05, 4.69) is 10.3 Å². The van der Waals surface area contributed by atoms with Gasteiger partial charge in [-0.25, -0.2) is 13.4 Å². The number of anilines is 1. The Balaban J connectivity index is 2.36. The molecule has 0 unspecified atom stereocenters. The third-order valence-electron chi connectivity index (χ3n) is 3.60. The van der Waals surface area contributed by atoms with Crippen LogP contribution in [0.4, 0.5) is 23.2 Å². The topological polar surface area (TPSA) is 93.1 Å². The molecule has 28 heavy (non-hydrogen) atoms. The molecule has 2 rings (SSSR count). The molecule has 2 N–H and O–H groups in total. The number of nitrogens with zero attached hydrogens (tertiary/aromatic N) is 2. The van der Waals surface area contributed by atoms with E-state index in [0.717, 1.165) is 16.8 Å². The largest absolute Gasteiger partial charge is 0.404 e. The number of aromatic nitrogens is 2. The Morgan fingerprint density at radius 1 is 1.32 bits per heavy atom.